The van der Waals surface area contributed by atoms with Gasteiger partial charge in [0.15, 0.2) is 17.4 Å². The molecule has 2 aliphatic rings. The number of Topliss-reactive ketones (excluding diaryl/α,β-unsaturated/α-hetero) is 4. The number of likely N-dealkylation sites (tertiary alicyclic amines) is 1. The van der Waals surface area contributed by atoms with Gasteiger partial charge in [0.25, 0.3) is 0 Å². The zero-order chi connectivity index (χ0) is 50.6. The van der Waals surface area contributed by atoms with Gasteiger partial charge in [-0.05, 0) is 118 Å². The third kappa shape index (κ3) is 14.6. The number of benzene rings is 2. The quantitative estimate of drug-likeness (QED) is 0.0464. The zero-order valence-corrected chi connectivity index (χ0v) is 42.9. The van der Waals surface area contributed by atoms with Crippen LogP contribution in [0.3, 0.4) is 0 Å². The van der Waals surface area contributed by atoms with Gasteiger partial charge in [0.2, 0.25) is 17.6 Å². The molecule has 2 heterocycles. The van der Waals surface area contributed by atoms with E-state index in [0.717, 1.165) is 36.2 Å². The zero-order valence-electron chi connectivity index (χ0n) is 42.9. The largest absolute Gasteiger partial charge is 0.460 e. The number of ether oxygens (including phenoxy) is 1. The number of hydrogen-bond donors (Lipinski definition) is 1. The minimum absolute atomic E-state index is 0.0343. The fraction of sp³-hybridized carbons (Fsp3) is 0.636. The highest BCUT2D eigenvalue weighted by Crippen LogP contribution is 2.44. The van der Waals surface area contributed by atoms with Crippen LogP contribution in [-0.4, -0.2) is 90.3 Å². The second-order valence-corrected chi connectivity index (χ2v) is 21.8. The first-order valence-electron chi connectivity index (χ1n) is 25.4. The number of carbonyl (C=O) groups is 7. The molecule has 2 fully saturated rings. The Morgan fingerprint density at radius 3 is 2.10 bits per heavy atom. The normalized spacial score (nSPS) is 18.9. The number of nitrogens with zero attached hydrogens (tertiary/aromatic N) is 5. The van der Waals surface area contributed by atoms with Crippen molar-refractivity contribution in [3.05, 3.63) is 77.6 Å². The van der Waals surface area contributed by atoms with Gasteiger partial charge in [-0.3, -0.25) is 33.6 Å². The number of amides is 2. The van der Waals surface area contributed by atoms with E-state index in [-0.39, 0.29) is 79.2 Å². The molecule has 5 rings (SSSR count). The first-order chi connectivity index (χ1) is 32.6. The van der Waals surface area contributed by atoms with Crippen LogP contribution in [0.4, 0.5) is 0 Å². The van der Waals surface area contributed by atoms with Gasteiger partial charge in [-0.1, -0.05) is 108 Å². The van der Waals surface area contributed by atoms with E-state index >= 15 is 0 Å². The van der Waals surface area contributed by atoms with E-state index in [4.69, 9.17) is 4.74 Å². The summed E-state index contributed by atoms with van der Waals surface area (Å²) in [4.78, 5) is 99.8. The highest BCUT2D eigenvalue weighted by molar-refractivity contribution is 6.38. The molecule has 3 aromatic rings. The molecule has 3 unspecified atom stereocenters. The van der Waals surface area contributed by atoms with Gasteiger partial charge in [0.1, 0.15) is 17.4 Å². The lowest BCUT2D eigenvalue weighted by Gasteiger charge is -2.33. The van der Waals surface area contributed by atoms with E-state index in [9.17, 15) is 33.6 Å². The number of aromatic nitrogens is 4. The number of carbonyl (C=O) groups excluding carboxylic acids is 7. The van der Waals surface area contributed by atoms with E-state index in [0.29, 0.717) is 38.6 Å². The first-order valence-corrected chi connectivity index (χ1v) is 25.4. The standard InChI is InChI=1S/C55H78N6O8/c1-11-21-38(50(65)46(64)32-40(53(68)69-54(6,7)8)30-37-22-14-12-15-23-37)31-45(63)49-43-28-20-24-39(43)34-60(49)52(67)48(36(4)5)56-51(66)44(35(2)3)33-42(62)27-18-19-29-47-57-58-59-61(47)55(9,10)41-25-16-13-17-26-41/h12-17,22-23,25-26,35-36,38-40,43-44,48-49H,11,18-21,24,27-34H2,1-10H3,(H,56,66)/t38?,39?,40-,43-,44-,48-,49?/m0/s1. The van der Waals surface area contributed by atoms with Gasteiger partial charge >= 0.3 is 5.97 Å². The van der Waals surface area contributed by atoms with Gasteiger partial charge in [0, 0.05) is 50.5 Å². The minimum atomic E-state index is -0.946. The molecule has 0 spiro atoms. The predicted octanol–water partition coefficient (Wildman–Crippen LogP) is 8.27. The van der Waals surface area contributed by atoms with E-state index in [2.05, 4.69) is 34.7 Å². The monoisotopic (exact) mass is 951 g/mol. The minimum Gasteiger partial charge on any atom is -0.460 e. The van der Waals surface area contributed by atoms with E-state index in [1.165, 1.54) is 0 Å². The lowest BCUT2D eigenvalue weighted by molar-refractivity contribution is -0.161. The molecule has 0 bridgehead atoms. The summed E-state index contributed by atoms with van der Waals surface area (Å²) in [6, 6.07) is 17.6. The van der Waals surface area contributed by atoms with E-state index in [1.807, 2.05) is 100.0 Å². The molecule has 1 aliphatic heterocycles. The van der Waals surface area contributed by atoms with Gasteiger partial charge < -0.3 is 15.0 Å². The second-order valence-electron chi connectivity index (χ2n) is 21.8. The molecular formula is C55H78N6O8. The van der Waals surface area contributed by atoms with Crippen molar-refractivity contribution in [2.45, 2.75) is 176 Å². The van der Waals surface area contributed by atoms with Crippen LogP contribution in [0.2, 0.25) is 0 Å². The maximum absolute atomic E-state index is 14.7. The van der Waals surface area contributed by atoms with Crippen LogP contribution in [-0.2, 0) is 56.7 Å². The number of unbranched alkanes of at least 4 members (excludes halogenated alkanes) is 1. The molecule has 1 saturated carbocycles. The molecule has 1 saturated heterocycles. The first kappa shape index (κ1) is 54.5. The summed E-state index contributed by atoms with van der Waals surface area (Å²) in [7, 11) is 0. The van der Waals surface area contributed by atoms with Crippen LogP contribution < -0.4 is 5.32 Å². The fourth-order valence-corrected chi connectivity index (χ4v) is 10.4. The summed E-state index contributed by atoms with van der Waals surface area (Å²) in [6.07, 6.45) is 5.26. The number of nitrogens with one attached hydrogen (secondary N) is 1. The Bertz CT molecular complexity index is 2230. The summed E-state index contributed by atoms with van der Waals surface area (Å²) in [5.74, 6) is -5.22. The van der Waals surface area contributed by atoms with Crippen LogP contribution >= 0.6 is 0 Å². The average Bonchev–Trinajstić information content (AvgIpc) is 4.05. The molecule has 2 aromatic carbocycles. The van der Waals surface area contributed by atoms with Crippen LogP contribution in [0.1, 0.15) is 157 Å². The summed E-state index contributed by atoms with van der Waals surface area (Å²) in [5, 5.41) is 15.5. The lowest BCUT2D eigenvalue weighted by Crippen LogP contribution is -2.56. The molecule has 1 aromatic heterocycles. The SMILES string of the molecule is CCCC(CC(=O)C1[C@H]2CCCC2CN1C(=O)[C@@H](NC(=O)[C@@H](CC(=O)CCCCc1nnnn1C(C)(C)c1ccccc1)C(C)C)C(C)C)C(=O)C(=O)C[C@H](Cc1ccccc1)C(=O)OC(C)(C)C. The third-order valence-electron chi connectivity index (χ3n) is 14.2. The Labute approximate surface area is 409 Å². The topological polar surface area (TPSA) is 188 Å². The van der Waals surface area contributed by atoms with E-state index < -0.39 is 58.5 Å². The van der Waals surface area contributed by atoms with Crippen molar-refractivity contribution in [2.24, 2.45) is 41.4 Å². The highest BCUT2D eigenvalue weighted by atomic mass is 16.6. The van der Waals surface area contributed by atoms with Crippen molar-refractivity contribution >= 4 is 40.9 Å². The Kier molecular flexibility index (Phi) is 19.3. The van der Waals surface area contributed by atoms with Gasteiger partial charge in [-0.25, -0.2) is 4.68 Å². The molecule has 14 heteroatoms. The van der Waals surface area contributed by atoms with Crippen LogP contribution in [0.15, 0.2) is 60.7 Å². The van der Waals surface area contributed by atoms with Crippen LogP contribution in [0.5, 0.6) is 0 Å². The summed E-state index contributed by atoms with van der Waals surface area (Å²) in [6.45, 7) is 19.1. The molecule has 69 heavy (non-hydrogen) atoms. The number of ketones is 4. The van der Waals surface area contributed by atoms with Crippen LogP contribution in [0.25, 0.3) is 0 Å². The number of esters is 1. The van der Waals surface area contributed by atoms with Crippen LogP contribution in [0, 0.1) is 41.4 Å². The maximum Gasteiger partial charge on any atom is 0.310 e. The van der Waals surface area contributed by atoms with Crippen molar-refractivity contribution in [3.63, 3.8) is 0 Å². The number of fused-ring (bicyclic) bond motifs is 1. The van der Waals surface area contributed by atoms with Gasteiger partial charge in [-0.15, -0.1) is 5.10 Å². The summed E-state index contributed by atoms with van der Waals surface area (Å²) in [5.41, 5.74) is 0.647. The Morgan fingerprint density at radius 1 is 0.812 bits per heavy atom. The number of hydrogen-bond acceptors (Lipinski definition) is 11. The van der Waals surface area contributed by atoms with E-state index in [1.54, 1.807) is 25.7 Å². The van der Waals surface area contributed by atoms with Gasteiger partial charge in [0.05, 0.1) is 17.5 Å². The summed E-state index contributed by atoms with van der Waals surface area (Å²) < 4.78 is 7.51. The maximum atomic E-state index is 14.7. The van der Waals surface area contributed by atoms with Crippen molar-refractivity contribution in [2.75, 3.05) is 6.54 Å². The number of aryl methyl sites for hydroxylation is 1. The Balaban J connectivity index is 1.22. The molecule has 1 N–H and O–H groups in total. The highest BCUT2D eigenvalue weighted by Gasteiger charge is 2.51. The molecular weight excluding hydrogens is 873 g/mol. The molecule has 0 radical (unpaired) electrons. The molecule has 1 aliphatic carbocycles. The average molecular weight is 951 g/mol. The smallest absolute Gasteiger partial charge is 0.310 e. The van der Waals surface area contributed by atoms with Gasteiger partial charge in [-0.2, -0.15) is 0 Å². The number of rotatable bonds is 26. The predicted molar refractivity (Wildman–Crippen MR) is 263 cm³/mol. The van der Waals surface area contributed by atoms with Crippen molar-refractivity contribution in [3.8, 4) is 0 Å². The molecule has 14 nitrogen and oxygen atoms in total. The van der Waals surface area contributed by atoms with Crippen molar-refractivity contribution in [1.82, 2.24) is 30.4 Å². The molecule has 2 amide bonds. The Hall–Kier alpha value is -5.40. The lowest BCUT2D eigenvalue weighted by atomic mass is 9.83. The molecule has 376 valence electrons. The van der Waals surface area contributed by atoms with Crippen molar-refractivity contribution in [1.29, 1.82) is 0 Å². The molecule has 7 atom stereocenters. The van der Waals surface area contributed by atoms with Crippen molar-refractivity contribution < 1.29 is 38.3 Å². The summed E-state index contributed by atoms with van der Waals surface area (Å²) >= 11 is 0. The Morgan fingerprint density at radius 2 is 1.48 bits per heavy atom. The fourth-order valence-electron chi connectivity index (χ4n) is 10.4. The number of tetrazole rings is 1. The third-order valence-corrected chi connectivity index (χ3v) is 14.2. The second kappa shape index (κ2) is 24.4.